The zero-order valence-electron chi connectivity index (χ0n) is 14.0. The number of para-hydroxylation sites is 1. The minimum atomic E-state index is -0.425. The maximum Gasteiger partial charge on any atom is 0.253 e. The van der Waals surface area contributed by atoms with E-state index < -0.39 is 5.82 Å². The first kappa shape index (κ1) is 17.7. The highest BCUT2D eigenvalue weighted by Gasteiger charge is 2.18. The normalized spacial score (nSPS) is 11.0. The van der Waals surface area contributed by atoms with Gasteiger partial charge in [0, 0.05) is 5.54 Å². The third-order valence-corrected chi connectivity index (χ3v) is 3.24. The first-order valence-corrected chi connectivity index (χ1v) is 7.71. The molecule has 2 rings (SSSR count). The predicted molar refractivity (Wildman–Crippen MR) is 92.4 cm³/mol. The van der Waals surface area contributed by atoms with Gasteiger partial charge in [0.05, 0.1) is 17.7 Å². The molecule has 2 aromatic rings. The Morgan fingerprint density at radius 2 is 1.62 bits per heavy atom. The number of carbonyl (C=O) groups excluding carboxylic acids is 2. The molecule has 0 fully saturated rings. The van der Waals surface area contributed by atoms with E-state index in [9.17, 15) is 14.0 Å². The standard InChI is InChI=1S/C19H21FN2O2/c1-19(2,3)22-18(24)14-9-5-7-11-16(14)21-17(23)12-13-8-4-6-10-15(13)20/h4-11H,12H2,1-3H3,(H,21,23)(H,22,24). The molecular weight excluding hydrogens is 307 g/mol. The molecule has 0 unspecified atom stereocenters. The van der Waals surface area contributed by atoms with Crippen molar-refractivity contribution in [3.63, 3.8) is 0 Å². The molecule has 0 atom stereocenters. The van der Waals surface area contributed by atoms with E-state index in [0.717, 1.165) is 0 Å². The lowest BCUT2D eigenvalue weighted by Crippen LogP contribution is -2.40. The highest BCUT2D eigenvalue weighted by molar-refractivity contribution is 6.04. The van der Waals surface area contributed by atoms with Crippen LogP contribution in [0.1, 0.15) is 36.7 Å². The number of hydrogen-bond acceptors (Lipinski definition) is 2. The van der Waals surface area contributed by atoms with Crippen LogP contribution < -0.4 is 10.6 Å². The van der Waals surface area contributed by atoms with Crippen molar-refractivity contribution in [2.75, 3.05) is 5.32 Å². The van der Waals surface area contributed by atoms with Crippen molar-refractivity contribution >= 4 is 17.5 Å². The van der Waals surface area contributed by atoms with Crippen LogP contribution in [-0.2, 0) is 11.2 Å². The number of hydrogen-bond donors (Lipinski definition) is 2. The van der Waals surface area contributed by atoms with Gasteiger partial charge in [-0.3, -0.25) is 9.59 Å². The molecule has 2 aromatic carbocycles. The van der Waals surface area contributed by atoms with Crippen LogP contribution in [0, 0.1) is 5.82 Å². The molecule has 126 valence electrons. The Kier molecular flexibility index (Phi) is 5.34. The molecule has 0 bridgehead atoms. The first-order chi connectivity index (χ1) is 11.3. The molecule has 0 aliphatic rings. The van der Waals surface area contributed by atoms with Crippen molar-refractivity contribution in [3.8, 4) is 0 Å². The van der Waals surface area contributed by atoms with Gasteiger partial charge in [-0.15, -0.1) is 0 Å². The summed E-state index contributed by atoms with van der Waals surface area (Å²) >= 11 is 0. The summed E-state index contributed by atoms with van der Waals surface area (Å²) in [6, 6.07) is 12.9. The molecule has 0 aliphatic carbocycles. The van der Waals surface area contributed by atoms with Gasteiger partial charge in [-0.05, 0) is 44.5 Å². The number of rotatable bonds is 4. The molecule has 2 amide bonds. The van der Waals surface area contributed by atoms with Crippen molar-refractivity contribution in [1.29, 1.82) is 0 Å². The van der Waals surface area contributed by atoms with Gasteiger partial charge in [-0.25, -0.2) is 4.39 Å². The van der Waals surface area contributed by atoms with E-state index in [1.165, 1.54) is 6.07 Å². The molecule has 0 saturated heterocycles. The Morgan fingerprint density at radius 3 is 2.29 bits per heavy atom. The molecule has 0 aliphatic heterocycles. The summed E-state index contributed by atoms with van der Waals surface area (Å²) in [5, 5.41) is 5.54. The summed E-state index contributed by atoms with van der Waals surface area (Å²) in [5.41, 5.74) is 0.697. The fourth-order valence-electron chi connectivity index (χ4n) is 2.21. The second kappa shape index (κ2) is 7.25. The minimum Gasteiger partial charge on any atom is -0.347 e. The molecule has 0 radical (unpaired) electrons. The van der Waals surface area contributed by atoms with Crippen molar-refractivity contribution in [2.45, 2.75) is 32.7 Å². The zero-order valence-corrected chi connectivity index (χ0v) is 14.0. The van der Waals surface area contributed by atoms with Crippen molar-refractivity contribution in [1.82, 2.24) is 5.32 Å². The summed E-state index contributed by atoms with van der Waals surface area (Å²) < 4.78 is 13.6. The van der Waals surface area contributed by atoms with Gasteiger partial charge >= 0.3 is 0 Å². The molecule has 0 saturated carbocycles. The van der Waals surface area contributed by atoms with Crippen LogP contribution in [0.15, 0.2) is 48.5 Å². The predicted octanol–water partition coefficient (Wildman–Crippen LogP) is 3.54. The number of benzene rings is 2. The third kappa shape index (κ3) is 4.91. The summed E-state index contributed by atoms with van der Waals surface area (Å²) in [4.78, 5) is 24.5. The van der Waals surface area contributed by atoms with E-state index in [2.05, 4.69) is 10.6 Å². The maximum atomic E-state index is 13.6. The van der Waals surface area contributed by atoms with Crippen LogP contribution >= 0.6 is 0 Å². The minimum absolute atomic E-state index is 0.0953. The monoisotopic (exact) mass is 328 g/mol. The fourth-order valence-corrected chi connectivity index (χ4v) is 2.21. The lowest BCUT2D eigenvalue weighted by Gasteiger charge is -2.21. The number of halogens is 1. The molecule has 0 spiro atoms. The Labute approximate surface area is 141 Å². The van der Waals surface area contributed by atoms with E-state index in [4.69, 9.17) is 0 Å². The topological polar surface area (TPSA) is 58.2 Å². The summed E-state index contributed by atoms with van der Waals surface area (Å²) in [5.74, 6) is -1.08. The number of nitrogens with one attached hydrogen (secondary N) is 2. The van der Waals surface area contributed by atoms with Crippen molar-refractivity contribution in [3.05, 3.63) is 65.5 Å². The van der Waals surface area contributed by atoms with Gasteiger partial charge in [0.15, 0.2) is 0 Å². The van der Waals surface area contributed by atoms with Crippen LogP contribution in [0.25, 0.3) is 0 Å². The number of amides is 2. The first-order valence-electron chi connectivity index (χ1n) is 7.71. The van der Waals surface area contributed by atoms with E-state index in [0.29, 0.717) is 16.8 Å². The Balaban J connectivity index is 2.14. The largest absolute Gasteiger partial charge is 0.347 e. The summed E-state index contributed by atoms with van der Waals surface area (Å²) in [6.07, 6.45) is -0.0953. The average Bonchev–Trinajstić information content (AvgIpc) is 2.48. The zero-order chi connectivity index (χ0) is 17.7. The summed E-state index contributed by atoms with van der Waals surface area (Å²) in [6.45, 7) is 5.64. The van der Waals surface area contributed by atoms with Gasteiger partial charge in [-0.2, -0.15) is 0 Å². The summed E-state index contributed by atoms with van der Waals surface area (Å²) in [7, 11) is 0. The molecule has 5 heteroatoms. The highest BCUT2D eigenvalue weighted by atomic mass is 19.1. The molecule has 4 nitrogen and oxygen atoms in total. The van der Waals surface area contributed by atoms with Gasteiger partial charge in [0.2, 0.25) is 5.91 Å². The Bertz CT molecular complexity index is 751. The number of anilines is 1. The van der Waals surface area contributed by atoms with Crippen LogP contribution in [0.4, 0.5) is 10.1 Å². The van der Waals surface area contributed by atoms with Gasteiger partial charge in [0.1, 0.15) is 5.82 Å². The lowest BCUT2D eigenvalue weighted by atomic mass is 10.1. The van der Waals surface area contributed by atoms with Gasteiger partial charge < -0.3 is 10.6 Å². The van der Waals surface area contributed by atoms with Crippen LogP contribution in [0.3, 0.4) is 0 Å². The quantitative estimate of drug-likeness (QED) is 0.902. The van der Waals surface area contributed by atoms with E-state index in [1.807, 2.05) is 20.8 Å². The van der Waals surface area contributed by atoms with Crippen LogP contribution in [0.5, 0.6) is 0 Å². The Hall–Kier alpha value is -2.69. The molecule has 24 heavy (non-hydrogen) atoms. The third-order valence-electron chi connectivity index (χ3n) is 3.24. The maximum absolute atomic E-state index is 13.6. The SMILES string of the molecule is CC(C)(C)NC(=O)c1ccccc1NC(=O)Cc1ccccc1F. The molecular formula is C19H21FN2O2. The second-order valence-electron chi connectivity index (χ2n) is 6.57. The Morgan fingerprint density at radius 1 is 1.00 bits per heavy atom. The van der Waals surface area contributed by atoms with Gasteiger partial charge in [-0.1, -0.05) is 30.3 Å². The van der Waals surface area contributed by atoms with E-state index in [1.54, 1.807) is 42.5 Å². The van der Waals surface area contributed by atoms with Crippen LogP contribution in [0.2, 0.25) is 0 Å². The molecule has 2 N–H and O–H groups in total. The lowest BCUT2D eigenvalue weighted by molar-refractivity contribution is -0.115. The van der Waals surface area contributed by atoms with E-state index in [-0.39, 0.29) is 23.8 Å². The highest BCUT2D eigenvalue weighted by Crippen LogP contribution is 2.17. The van der Waals surface area contributed by atoms with Crippen molar-refractivity contribution in [2.24, 2.45) is 0 Å². The van der Waals surface area contributed by atoms with Gasteiger partial charge in [0.25, 0.3) is 5.91 Å². The fraction of sp³-hybridized carbons (Fsp3) is 0.263. The van der Waals surface area contributed by atoms with Crippen molar-refractivity contribution < 1.29 is 14.0 Å². The second-order valence-corrected chi connectivity index (χ2v) is 6.57. The smallest absolute Gasteiger partial charge is 0.253 e. The van der Waals surface area contributed by atoms with E-state index >= 15 is 0 Å². The molecule has 0 heterocycles. The number of carbonyl (C=O) groups is 2. The average molecular weight is 328 g/mol. The molecule has 0 aromatic heterocycles. The van der Waals surface area contributed by atoms with Crippen LogP contribution in [-0.4, -0.2) is 17.4 Å².